The SMILES string of the molecule is CCOC(=O)c1cc(NC(=O)C(C)(C)Br)ccc1OC(C)CC. The molecule has 0 saturated carbocycles. The van der Waals surface area contributed by atoms with Gasteiger partial charge in [-0.1, -0.05) is 22.9 Å². The molecule has 0 bridgehead atoms. The first-order valence-electron chi connectivity index (χ1n) is 7.67. The second-order valence-electron chi connectivity index (χ2n) is 5.69. The number of ether oxygens (including phenoxy) is 2. The Morgan fingerprint density at radius 1 is 1.30 bits per heavy atom. The van der Waals surface area contributed by atoms with Crippen LogP contribution in [0.3, 0.4) is 0 Å². The van der Waals surface area contributed by atoms with Crippen LogP contribution >= 0.6 is 15.9 Å². The molecule has 0 aliphatic heterocycles. The van der Waals surface area contributed by atoms with Gasteiger partial charge in [-0.05, 0) is 52.3 Å². The number of carbonyl (C=O) groups is 2. The summed E-state index contributed by atoms with van der Waals surface area (Å²) in [5, 5.41) is 2.76. The molecule has 1 atom stereocenters. The fourth-order valence-electron chi connectivity index (χ4n) is 1.66. The fraction of sp³-hybridized carbons (Fsp3) is 0.529. The minimum absolute atomic E-state index is 0.0231. The smallest absolute Gasteiger partial charge is 0.341 e. The number of carbonyl (C=O) groups excluding carboxylic acids is 2. The molecule has 5 nitrogen and oxygen atoms in total. The minimum atomic E-state index is -0.705. The number of amides is 1. The lowest BCUT2D eigenvalue weighted by molar-refractivity contribution is -0.117. The Kier molecular flexibility index (Phi) is 7.06. The van der Waals surface area contributed by atoms with E-state index >= 15 is 0 Å². The van der Waals surface area contributed by atoms with Crippen molar-refractivity contribution < 1.29 is 19.1 Å². The molecule has 1 unspecified atom stereocenters. The van der Waals surface area contributed by atoms with Crippen molar-refractivity contribution >= 4 is 33.5 Å². The first-order chi connectivity index (χ1) is 10.7. The Morgan fingerprint density at radius 2 is 1.96 bits per heavy atom. The van der Waals surface area contributed by atoms with Crippen molar-refractivity contribution in [2.75, 3.05) is 11.9 Å². The number of halogens is 1. The van der Waals surface area contributed by atoms with Crippen LogP contribution in [0.1, 0.15) is 51.4 Å². The highest BCUT2D eigenvalue weighted by Gasteiger charge is 2.24. The van der Waals surface area contributed by atoms with Gasteiger partial charge >= 0.3 is 5.97 Å². The van der Waals surface area contributed by atoms with E-state index in [1.165, 1.54) is 0 Å². The van der Waals surface area contributed by atoms with Crippen LogP contribution in [0.4, 0.5) is 5.69 Å². The summed E-state index contributed by atoms with van der Waals surface area (Å²) in [4.78, 5) is 24.2. The summed E-state index contributed by atoms with van der Waals surface area (Å²) in [6.45, 7) is 9.43. The molecule has 0 heterocycles. The van der Waals surface area contributed by atoms with Crippen molar-refractivity contribution in [3.8, 4) is 5.75 Å². The Hall–Kier alpha value is -1.56. The summed E-state index contributed by atoms with van der Waals surface area (Å²) in [6, 6.07) is 4.96. The van der Waals surface area contributed by atoms with Gasteiger partial charge in [-0.2, -0.15) is 0 Å². The van der Waals surface area contributed by atoms with E-state index in [0.717, 1.165) is 6.42 Å². The summed E-state index contributed by atoms with van der Waals surface area (Å²) < 4.78 is 10.1. The van der Waals surface area contributed by atoms with Gasteiger partial charge in [0, 0.05) is 5.69 Å². The molecule has 0 saturated heterocycles. The quantitative estimate of drug-likeness (QED) is 0.565. The van der Waals surface area contributed by atoms with E-state index in [9.17, 15) is 9.59 Å². The zero-order valence-electron chi connectivity index (χ0n) is 14.2. The molecule has 0 aliphatic carbocycles. The Labute approximate surface area is 145 Å². The molecule has 128 valence electrons. The summed E-state index contributed by atoms with van der Waals surface area (Å²) in [6.07, 6.45) is 0.795. The van der Waals surface area contributed by atoms with Crippen LogP contribution in [-0.4, -0.2) is 28.9 Å². The molecule has 0 spiro atoms. The van der Waals surface area contributed by atoms with Crippen LogP contribution in [0.5, 0.6) is 5.75 Å². The normalized spacial score (nSPS) is 12.4. The number of alkyl halides is 1. The molecule has 1 aromatic rings. The van der Waals surface area contributed by atoms with Crippen molar-refractivity contribution in [1.82, 2.24) is 0 Å². The second kappa shape index (κ2) is 8.34. The van der Waals surface area contributed by atoms with Gasteiger partial charge in [0.25, 0.3) is 0 Å². The Bertz CT molecular complexity index is 566. The molecule has 0 radical (unpaired) electrons. The van der Waals surface area contributed by atoms with Crippen LogP contribution < -0.4 is 10.1 Å². The second-order valence-corrected chi connectivity index (χ2v) is 7.68. The zero-order chi connectivity index (χ0) is 17.6. The average molecular weight is 386 g/mol. The number of hydrogen-bond acceptors (Lipinski definition) is 4. The summed E-state index contributed by atoms with van der Waals surface area (Å²) in [5.74, 6) is -0.225. The average Bonchev–Trinajstić information content (AvgIpc) is 2.47. The van der Waals surface area contributed by atoms with E-state index in [1.807, 2.05) is 13.8 Å². The molecular weight excluding hydrogens is 362 g/mol. The third kappa shape index (κ3) is 5.86. The van der Waals surface area contributed by atoms with Gasteiger partial charge in [-0.3, -0.25) is 4.79 Å². The van der Waals surface area contributed by atoms with E-state index in [1.54, 1.807) is 39.0 Å². The third-order valence-corrected chi connectivity index (χ3v) is 3.54. The minimum Gasteiger partial charge on any atom is -0.490 e. The van der Waals surface area contributed by atoms with Crippen molar-refractivity contribution in [2.24, 2.45) is 0 Å². The van der Waals surface area contributed by atoms with Gasteiger partial charge in [0.2, 0.25) is 5.91 Å². The Balaban J connectivity index is 3.11. The van der Waals surface area contributed by atoms with Crippen LogP contribution in [0.2, 0.25) is 0 Å². The van der Waals surface area contributed by atoms with Crippen LogP contribution in [0, 0.1) is 0 Å². The highest BCUT2D eigenvalue weighted by molar-refractivity contribution is 9.10. The first-order valence-corrected chi connectivity index (χ1v) is 8.46. The van der Waals surface area contributed by atoms with Gasteiger partial charge in [-0.15, -0.1) is 0 Å². The van der Waals surface area contributed by atoms with Gasteiger partial charge in [0.05, 0.1) is 17.0 Å². The van der Waals surface area contributed by atoms with Gasteiger partial charge in [0.15, 0.2) is 0 Å². The topological polar surface area (TPSA) is 64.6 Å². The molecule has 1 aromatic carbocycles. The first kappa shape index (κ1) is 19.5. The monoisotopic (exact) mass is 385 g/mol. The summed E-state index contributed by atoms with van der Waals surface area (Å²) in [7, 11) is 0. The number of anilines is 1. The lowest BCUT2D eigenvalue weighted by atomic mass is 10.1. The lowest BCUT2D eigenvalue weighted by Gasteiger charge is -2.19. The molecule has 1 N–H and O–H groups in total. The van der Waals surface area contributed by atoms with Gasteiger partial charge in [0.1, 0.15) is 11.3 Å². The summed E-state index contributed by atoms with van der Waals surface area (Å²) in [5.41, 5.74) is 0.819. The highest BCUT2D eigenvalue weighted by atomic mass is 79.9. The van der Waals surface area contributed by atoms with E-state index in [2.05, 4.69) is 21.2 Å². The number of nitrogens with one attached hydrogen (secondary N) is 1. The number of rotatable bonds is 7. The van der Waals surface area contributed by atoms with Crippen LogP contribution in [0.15, 0.2) is 18.2 Å². The third-order valence-electron chi connectivity index (χ3n) is 3.18. The number of hydrogen-bond donors (Lipinski definition) is 1. The van der Waals surface area contributed by atoms with E-state index < -0.39 is 10.3 Å². The van der Waals surface area contributed by atoms with Crippen LogP contribution in [-0.2, 0) is 9.53 Å². The molecule has 0 aliphatic rings. The molecular formula is C17H24BrNO4. The molecule has 1 rings (SSSR count). The van der Waals surface area contributed by atoms with E-state index in [-0.39, 0.29) is 18.6 Å². The zero-order valence-corrected chi connectivity index (χ0v) is 15.8. The maximum absolute atomic E-state index is 12.1. The van der Waals surface area contributed by atoms with E-state index in [0.29, 0.717) is 17.0 Å². The highest BCUT2D eigenvalue weighted by Crippen LogP contribution is 2.27. The molecule has 0 fully saturated rings. The van der Waals surface area contributed by atoms with Crippen molar-refractivity contribution in [3.05, 3.63) is 23.8 Å². The van der Waals surface area contributed by atoms with Gasteiger partial charge < -0.3 is 14.8 Å². The van der Waals surface area contributed by atoms with Crippen molar-refractivity contribution in [2.45, 2.75) is 51.5 Å². The van der Waals surface area contributed by atoms with Crippen molar-refractivity contribution in [3.63, 3.8) is 0 Å². The standard InChI is InChI=1S/C17H24BrNO4/c1-6-11(3)23-14-9-8-12(19-16(21)17(4,5)18)10-13(14)15(20)22-7-2/h8-11H,6-7H2,1-5H3,(H,19,21). The fourth-order valence-corrected chi connectivity index (χ4v) is 1.76. The largest absolute Gasteiger partial charge is 0.490 e. The molecule has 0 aromatic heterocycles. The maximum atomic E-state index is 12.1. The van der Waals surface area contributed by atoms with E-state index in [4.69, 9.17) is 9.47 Å². The maximum Gasteiger partial charge on any atom is 0.341 e. The molecule has 6 heteroatoms. The lowest BCUT2D eigenvalue weighted by Crippen LogP contribution is -2.31. The number of benzene rings is 1. The molecule has 1 amide bonds. The number of esters is 1. The van der Waals surface area contributed by atoms with Crippen molar-refractivity contribution in [1.29, 1.82) is 0 Å². The van der Waals surface area contributed by atoms with Crippen LogP contribution in [0.25, 0.3) is 0 Å². The predicted molar refractivity (Wildman–Crippen MR) is 94.4 cm³/mol. The predicted octanol–water partition coefficient (Wildman–Crippen LogP) is 4.15. The Morgan fingerprint density at radius 3 is 2.48 bits per heavy atom. The summed E-state index contributed by atoms with van der Waals surface area (Å²) >= 11 is 3.30. The molecule has 23 heavy (non-hydrogen) atoms. The van der Waals surface area contributed by atoms with Gasteiger partial charge in [-0.25, -0.2) is 4.79 Å².